The molecular formula is C13H18INO. The Morgan fingerprint density at radius 2 is 1.94 bits per heavy atom. The van der Waals surface area contributed by atoms with E-state index in [4.69, 9.17) is 5.73 Å². The number of nitrogens with two attached hydrogens (primary N) is 1. The number of carbonyl (C=O) groups is 1. The van der Waals surface area contributed by atoms with Crippen LogP contribution in [0.1, 0.15) is 25.8 Å². The van der Waals surface area contributed by atoms with Gasteiger partial charge in [0.1, 0.15) is 5.78 Å². The van der Waals surface area contributed by atoms with Crippen molar-refractivity contribution in [3.63, 3.8) is 0 Å². The molecule has 0 aliphatic rings. The lowest BCUT2D eigenvalue weighted by Crippen LogP contribution is -2.36. The lowest BCUT2D eigenvalue weighted by atomic mass is 9.80. The number of rotatable bonds is 5. The van der Waals surface area contributed by atoms with Gasteiger partial charge in [-0.25, -0.2) is 0 Å². The molecule has 3 heteroatoms. The molecule has 0 amide bonds. The summed E-state index contributed by atoms with van der Waals surface area (Å²) in [6.45, 7) is 4.38. The zero-order valence-electron chi connectivity index (χ0n) is 9.79. The van der Waals surface area contributed by atoms with Crippen molar-refractivity contribution in [2.45, 2.75) is 26.7 Å². The largest absolute Gasteiger partial charge is 0.329 e. The van der Waals surface area contributed by atoms with E-state index in [2.05, 4.69) is 22.6 Å². The number of hydrogen-bond donors (Lipinski definition) is 1. The summed E-state index contributed by atoms with van der Waals surface area (Å²) in [7, 11) is 0. The molecule has 1 aromatic carbocycles. The normalized spacial score (nSPS) is 14.5. The lowest BCUT2D eigenvalue weighted by molar-refractivity contribution is -0.126. The second-order valence-electron chi connectivity index (χ2n) is 4.34. The predicted octanol–water partition coefficient (Wildman–Crippen LogP) is 2.78. The molecule has 0 fully saturated rings. The van der Waals surface area contributed by atoms with Gasteiger partial charge in [0.25, 0.3) is 0 Å². The maximum Gasteiger partial charge on any atom is 0.144 e. The van der Waals surface area contributed by atoms with Crippen LogP contribution < -0.4 is 5.73 Å². The summed E-state index contributed by atoms with van der Waals surface area (Å²) in [6.07, 6.45) is 1.28. The smallest absolute Gasteiger partial charge is 0.144 e. The second-order valence-corrected chi connectivity index (χ2v) is 5.59. The van der Waals surface area contributed by atoms with E-state index >= 15 is 0 Å². The quantitative estimate of drug-likeness (QED) is 0.843. The summed E-state index contributed by atoms with van der Waals surface area (Å²) >= 11 is 2.26. The van der Waals surface area contributed by atoms with Crippen LogP contribution in [0.4, 0.5) is 0 Å². The first-order chi connectivity index (χ1) is 7.51. The highest BCUT2D eigenvalue weighted by atomic mass is 127. The number of Topliss-reactive ketones (excluding diaryl/α,β-unsaturated/α-hetero) is 1. The van der Waals surface area contributed by atoms with Gasteiger partial charge in [-0.05, 0) is 46.7 Å². The molecule has 0 aromatic heterocycles. The Labute approximate surface area is 111 Å². The van der Waals surface area contributed by atoms with E-state index < -0.39 is 0 Å². The summed E-state index contributed by atoms with van der Waals surface area (Å²) in [6, 6.07) is 8.06. The molecule has 0 saturated carbocycles. The Bertz CT molecular complexity index is 355. The van der Waals surface area contributed by atoms with Gasteiger partial charge in [0.05, 0.1) is 0 Å². The molecule has 88 valence electrons. The van der Waals surface area contributed by atoms with Crippen molar-refractivity contribution >= 4 is 28.4 Å². The standard InChI is InChI=1S/C13H18INO/c1-3-13(2,9-15)12(16)8-10-4-6-11(14)7-5-10/h4-7H,3,8-9,15H2,1-2H3. The average Bonchev–Trinajstić information content (AvgIpc) is 2.31. The lowest BCUT2D eigenvalue weighted by Gasteiger charge is -2.24. The third-order valence-corrected chi connectivity index (χ3v) is 3.90. The van der Waals surface area contributed by atoms with Gasteiger partial charge in [0.15, 0.2) is 0 Å². The van der Waals surface area contributed by atoms with Crippen LogP contribution in [0.5, 0.6) is 0 Å². The number of ketones is 1. The number of benzene rings is 1. The third kappa shape index (κ3) is 3.28. The molecule has 1 aromatic rings. The molecule has 0 aliphatic heterocycles. The molecule has 0 heterocycles. The van der Waals surface area contributed by atoms with E-state index in [9.17, 15) is 4.79 Å². The molecular weight excluding hydrogens is 313 g/mol. The van der Waals surface area contributed by atoms with E-state index in [0.29, 0.717) is 13.0 Å². The Morgan fingerprint density at radius 3 is 2.38 bits per heavy atom. The van der Waals surface area contributed by atoms with Gasteiger partial charge < -0.3 is 5.73 Å². The first-order valence-electron chi connectivity index (χ1n) is 5.49. The summed E-state index contributed by atoms with van der Waals surface area (Å²) in [4.78, 5) is 12.1. The molecule has 0 spiro atoms. The zero-order chi connectivity index (χ0) is 12.2. The fourth-order valence-electron chi connectivity index (χ4n) is 1.46. The SMILES string of the molecule is CCC(C)(CN)C(=O)Cc1ccc(I)cc1. The van der Waals surface area contributed by atoms with Gasteiger partial charge in [0.2, 0.25) is 0 Å². The number of hydrogen-bond acceptors (Lipinski definition) is 2. The van der Waals surface area contributed by atoms with E-state index in [1.54, 1.807) is 0 Å². The fourth-order valence-corrected chi connectivity index (χ4v) is 1.82. The molecule has 1 unspecified atom stereocenters. The van der Waals surface area contributed by atoms with Gasteiger partial charge in [-0.3, -0.25) is 4.79 Å². The van der Waals surface area contributed by atoms with Crippen molar-refractivity contribution in [1.29, 1.82) is 0 Å². The van der Waals surface area contributed by atoms with E-state index in [1.165, 1.54) is 3.57 Å². The van der Waals surface area contributed by atoms with Crippen LogP contribution in [0.25, 0.3) is 0 Å². The van der Waals surface area contributed by atoms with Crippen molar-refractivity contribution in [1.82, 2.24) is 0 Å². The van der Waals surface area contributed by atoms with Crippen molar-refractivity contribution in [2.75, 3.05) is 6.54 Å². The Hall–Kier alpha value is -0.420. The Morgan fingerprint density at radius 1 is 1.38 bits per heavy atom. The van der Waals surface area contributed by atoms with Crippen molar-refractivity contribution < 1.29 is 4.79 Å². The summed E-state index contributed by atoms with van der Waals surface area (Å²) in [5.74, 6) is 0.235. The molecule has 1 rings (SSSR count). The highest BCUT2D eigenvalue weighted by Crippen LogP contribution is 2.23. The van der Waals surface area contributed by atoms with Gasteiger partial charge in [-0.2, -0.15) is 0 Å². The van der Waals surface area contributed by atoms with Gasteiger partial charge in [0, 0.05) is 22.0 Å². The first kappa shape index (κ1) is 13.6. The van der Waals surface area contributed by atoms with Crippen LogP contribution in [0.15, 0.2) is 24.3 Å². The van der Waals surface area contributed by atoms with Crippen LogP contribution >= 0.6 is 22.6 Å². The van der Waals surface area contributed by atoms with Crippen LogP contribution in [-0.4, -0.2) is 12.3 Å². The third-order valence-electron chi connectivity index (χ3n) is 3.18. The number of carbonyl (C=O) groups excluding carboxylic acids is 1. The van der Waals surface area contributed by atoms with Crippen LogP contribution in [0.2, 0.25) is 0 Å². The van der Waals surface area contributed by atoms with Gasteiger partial charge in [-0.1, -0.05) is 26.0 Å². The monoisotopic (exact) mass is 331 g/mol. The van der Waals surface area contributed by atoms with E-state index in [-0.39, 0.29) is 11.2 Å². The molecule has 2 nitrogen and oxygen atoms in total. The molecule has 16 heavy (non-hydrogen) atoms. The zero-order valence-corrected chi connectivity index (χ0v) is 12.0. The van der Waals surface area contributed by atoms with Crippen LogP contribution in [0.3, 0.4) is 0 Å². The molecule has 0 aliphatic carbocycles. The summed E-state index contributed by atoms with van der Waals surface area (Å²) < 4.78 is 1.19. The Balaban J connectivity index is 2.74. The fraction of sp³-hybridized carbons (Fsp3) is 0.462. The minimum atomic E-state index is -0.372. The van der Waals surface area contributed by atoms with Gasteiger partial charge in [-0.15, -0.1) is 0 Å². The highest BCUT2D eigenvalue weighted by molar-refractivity contribution is 14.1. The maximum atomic E-state index is 12.1. The highest BCUT2D eigenvalue weighted by Gasteiger charge is 2.28. The average molecular weight is 331 g/mol. The predicted molar refractivity (Wildman–Crippen MR) is 75.3 cm³/mol. The van der Waals surface area contributed by atoms with Crippen LogP contribution in [0, 0.1) is 8.99 Å². The summed E-state index contributed by atoms with van der Waals surface area (Å²) in [5.41, 5.74) is 6.37. The van der Waals surface area contributed by atoms with E-state index in [0.717, 1.165) is 12.0 Å². The molecule has 0 radical (unpaired) electrons. The van der Waals surface area contributed by atoms with Gasteiger partial charge >= 0.3 is 0 Å². The van der Waals surface area contributed by atoms with E-state index in [1.807, 2.05) is 38.1 Å². The maximum absolute atomic E-state index is 12.1. The molecule has 2 N–H and O–H groups in total. The first-order valence-corrected chi connectivity index (χ1v) is 6.57. The Kier molecular flexibility index (Phi) is 4.92. The molecule has 0 bridgehead atoms. The molecule has 1 atom stereocenters. The van der Waals surface area contributed by atoms with Crippen molar-refractivity contribution in [3.8, 4) is 0 Å². The second kappa shape index (κ2) is 5.77. The minimum Gasteiger partial charge on any atom is -0.329 e. The number of halogens is 1. The van der Waals surface area contributed by atoms with Crippen molar-refractivity contribution in [3.05, 3.63) is 33.4 Å². The topological polar surface area (TPSA) is 43.1 Å². The molecule has 0 saturated heterocycles. The summed E-state index contributed by atoms with van der Waals surface area (Å²) in [5, 5.41) is 0. The minimum absolute atomic E-state index is 0.235. The van der Waals surface area contributed by atoms with Crippen LogP contribution in [-0.2, 0) is 11.2 Å². The van der Waals surface area contributed by atoms with Crippen molar-refractivity contribution in [2.24, 2.45) is 11.1 Å².